The molecular weight excluding hydrogens is 477 g/mol. The van der Waals surface area contributed by atoms with Crippen LogP contribution in [0.1, 0.15) is 86.6 Å². The van der Waals surface area contributed by atoms with Crippen molar-refractivity contribution in [1.29, 1.82) is 0 Å². The summed E-state index contributed by atoms with van der Waals surface area (Å²) in [7, 11) is 0. The number of fused-ring (bicyclic) bond motifs is 2. The van der Waals surface area contributed by atoms with Gasteiger partial charge < -0.3 is 20.7 Å². The molecule has 0 bridgehead atoms. The first kappa shape index (κ1) is 26.6. The molecule has 0 radical (unpaired) electrons. The van der Waals surface area contributed by atoms with Crippen molar-refractivity contribution in [3.05, 3.63) is 40.0 Å². The van der Waals surface area contributed by atoms with E-state index in [0.29, 0.717) is 0 Å². The van der Waals surface area contributed by atoms with Gasteiger partial charge in [0.05, 0.1) is 27.8 Å². The molecule has 3 rings (SSSR count). The van der Waals surface area contributed by atoms with Gasteiger partial charge in [-0.05, 0) is 60.8 Å². The Bertz CT molecular complexity index is 1120. The highest BCUT2D eigenvalue weighted by Crippen LogP contribution is 2.58. The summed E-state index contributed by atoms with van der Waals surface area (Å²) in [5, 5.41) is 20.5. The van der Waals surface area contributed by atoms with Crippen LogP contribution < -0.4 is 5.73 Å². The number of halogens is 2. The van der Waals surface area contributed by atoms with Crippen LogP contribution in [0.4, 0.5) is 5.69 Å². The zero-order valence-corrected chi connectivity index (χ0v) is 22.0. The minimum Gasteiger partial charge on any atom is -0.507 e. The zero-order valence-electron chi connectivity index (χ0n) is 20.5. The van der Waals surface area contributed by atoms with Gasteiger partial charge in [0, 0.05) is 12.0 Å². The summed E-state index contributed by atoms with van der Waals surface area (Å²) in [5.74, 6) is -2.30. The highest BCUT2D eigenvalue weighted by atomic mass is 35.5. The first-order valence-corrected chi connectivity index (χ1v) is 12.2. The highest BCUT2D eigenvalue weighted by molar-refractivity contribution is 6.46. The van der Waals surface area contributed by atoms with Crippen molar-refractivity contribution in [3.8, 4) is 11.5 Å². The molecule has 0 saturated carbocycles. The molecule has 1 aliphatic heterocycles. The first-order chi connectivity index (χ1) is 15.6. The van der Waals surface area contributed by atoms with E-state index < -0.39 is 44.5 Å². The van der Waals surface area contributed by atoms with Gasteiger partial charge >= 0.3 is 0 Å². The number of alkyl halides is 2. The summed E-state index contributed by atoms with van der Waals surface area (Å²) >= 11 is 13.6. The number of ether oxygens (including phenoxy) is 1. The standard InChI is InChI=1S/C26H33Cl2NO5/c1-13(2)8-7-9-14(3)10-11-26-23(33)17-18(20(30)15(4)21(31)19(17)29)22(32)25(26,28)12-16(27)24(5,6)34-26/h8,10,16,30-31H,7,9,11-12,29H2,1-6H3/b14-10+. The maximum atomic E-state index is 14.1. The van der Waals surface area contributed by atoms with Crippen molar-refractivity contribution >= 4 is 40.5 Å². The third kappa shape index (κ3) is 3.94. The Hall–Kier alpha value is -2.02. The summed E-state index contributed by atoms with van der Waals surface area (Å²) in [4.78, 5) is 26.1. The van der Waals surface area contributed by atoms with E-state index in [1.807, 2.05) is 26.8 Å². The van der Waals surface area contributed by atoms with Crippen LogP contribution in [0.15, 0.2) is 23.3 Å². The average Bonchev–Trinajstić information content (AvgIpc) is 2.74. The fraction of sp³-hybridized carbons (Fsp3) is 0.538. The van der Waals surface area contributed by atoms with Gasteiger partial charge in [0.2, 0.25) is 0 Å². The number of allylic oxidation sites excluding steroid dienone is 3. The van der Waals surface area contributed by atoms with Crippen molar-refractivity contribution in [2.24, 2.45) is 0 Å². The van der Waals surface area contributed by atoms with E-state index in [9.17, 15) is 19.8 Å². The lowest BCUT2D eigenvalue weighted by Crippen LogP contribution is -2.72. The number of nitrogen functional groups attached to an aromatic ring is 1. The van der Waals surface area contributed by atoms with Crippen LogP contribution in [0.2, 0.25) is 0 Å². The number of ketones is 2. The third-order valence-corrected chi connectivity index (χ3v) is 8.34. The van der Waals surface area contributed by atoms with Gasteiger partial charge in [-0.2, -0.15) is 0 Å². The highest BCUT2D eigenvalue weighted by Gasteiger charge is 2.70. The topological polar surface area (TPSA) is 110 Å². The third-order valence-electron chi connectivity index (χ3n) is 7.02. The molecule has 1 aliphatic carbocycles. The molecule has 1 aromatic carbocycles. The maximum absolute atomic E-state index is 14.1. The molecule has 8 heteroatoms. The van der Waals surface area contributed by atoms with Crippen molar-refractivity contribution in [2.45, 2.75) is 88.7 Å². The molecule has 3 unspecified atom stereocenters. The average molecular weight is 510 g/mol. The largest absolute Gasteiger partial charge is 0.507 e. The number of aromatic hydroxyl groups is 2. The number of hydrogen-bond donors (Lipinski definition) is 3. The molecular formula is C26H33Cl2NO5. The SMILES string of the molecule is CC(C)=CCC/C(C)=C/CC12OC(C)(C)C(Cl)CC1(Cl)C(=O)c1c(O)c(C)c(O)c(N)c1C2=O. The Morgan fingerprint density at radius 3 is 2.32 bits per heavy atom. The number of phenolic OH excluding ortho intramolecular Hbond substituents is 2. The van der Waals surface area contributed by atoms with Gasteiger partial charge in [-0.25, -0.2) is 0 Å². The Morgan fingerprint density at radius 1 is 1.12 bits per heavy atom. The van der Waals surface area contributed by atoms with E-state index in [4.69, 9.17) is 33.7 Å². The fourth-order valence-electron chi connectivity index (χ4n) is 4.79. The Morgan fingerprint density at radius 2 is 1.74 bits per heavy atom. The number of carbonyl (C=O) groups is 2. The number of nitrogens with two attached hydrogens (primary N) is 1. The smallest absolute Gasteiger partial charge is 0.200 e. The van der Waals surface area contributed by atoms with E-state index in [1.165, 1.54) is 12.5 Å². The minimum atomic E-state index is -1.86. The quantitative estimate of drug-likeness (QED) is 0.148. The van der Waals surface area contributed by atoms with Crippen LogP contribution in [0.5, 0.6) is 11.5 Å². The van der Waals surface area contributed by atoms with E-state index in [1.54, 1.807) is 13.8 Å². The molecule has 1 saturated heterocycles. The molecule has 3 atom stereocenters. The van der Waals surface area contributed by atoms with Crippen LogP contribution in [0.25, 0.3) is 0 Å². The predicted octanol–water partition coefficient (Wildman–Crippen LogP) is 5.97. The van der Waals surface area contributed by atoms with Crippen LogP contribution in [-0.4, -0.2) is 43.2 Å². The Balaban J connectivity index is 2.23. The Kier molecular flexibility index (Phi) is 6.95. The van der Waals surface area contributed by atoms with Crippen molar-refractivity contribution in [3.63, 3.8) is 0 Å². The zero-order chi connectivity index (χ0) is 25.8. The van der Waals surface area contributed by atoms with Crippen molar-refractivity contribution in [1.82, 2.24) is 0 Å². The fourth-order valence-corrected chi connectivity index (χ4v) is 5.59. The Labute approximate surface area is 210 Å². The monoisotopic (exact) mass is 509 g/mol. The number of rotatable bonds is 5. The molecule has 4 N–H and O–H groups in total. The minimum absolute atomic E-state index is 0.000314. The number of Topliss-reactive ketones (excluding diaryl/α,β-unsaturated/α-hetero) is 2. The maximum Gasteiger partial charge on any atom is 0.200 e. The van der Waals surface area contributed by atoms with Crippen molar-refractivity contribution < 1.29 is 24.5 Å². The first-order valence-electron chi connectivity index (χ1n) is 11.4. The summed E-state index contributed by atoms with van der Waals surface area (Å²) < 4.78 is 6.37. The predicted molar refractivity (Wildman–Crippen MR) is 135 cm³/mol. The molecule has 1 aromatic rings. The second kappa shape index (κ2) is 8.89. The number of benzene rings is 1. The van der Waals surface area contributed by atoms with Gasteiger partial charge in [0.15, 0.2) is 17.2 Å². The summed E-state index contributed by atoms with van der Waals surface area (Å²) in [6.45, 7) is 10.9. The normalized spacial score (nSPS) is 28.4. The lowest BCUT2D eigenvalue weighted by atomic mass is 9.63. The number of anilines is 1. The lowest BCUT2D eigenvalue weighted by Gasteiger charge is -2.56. The van der Waals surface area contributed by atoms with Crippen molar-refractivity contribution in [2.75, 3.05) is 5.73 Å². The molecule has 2 aliphatic rings. The summed E-state index contributed by atoms with van der Waals surface area (Å²) in [6.07, 6.45) is 5.56. The molecule has 6 nitrogen and oxygen atoms in total. The van der Waals surface area contributed by atoms with E-state index in [2.05, 4.69) is 6.08 Å². The van der Waals surface area contributed by atoms with Gasteiger partial charge in [-0.1, -0.05) is 23.3 Å². The molecule has 1 fully saturated rings. The van der Waals surface area contributed by atoms with Crippen LogP contribution in [0.3, 0.4) is 0 Å². The number of phenols is 2. The molecule has 1 heterocycles. The second-order valence-corrected chi connectivity index (χ2v) is 11.4. The van der Waals surface area contributed by atoms with Crippen LogP contribution >= 0.6 is 23.2 Å². The van der Waals surface area contributed by atoms with Gasteiger partial charge in [0.1, 0.15) is 16.4 Å². The molecule has 0 spiro atoms. The van der Waals surface area contributed by atoms with Crippen LogP contribution in [0, 0.1) is 6.92 Å². The van der Waals surface area contributed by atoms with Gasteiger partial charge in [-0.15, -0.1) is 23.2 Å². The summed E-state index contributed by atoms with van der Waals surface area (Å²) in [6, 6.07) is 0. The van der Waals surface area contributed by atoms with Gasteiger partial charge in [-0.3, -0.25) is 9.59 Å². The second-order valence-electron chi connectivity index (χ2n) is 10.2. The number of carbonyl (C=O) groups excluding carboxylic acids is 2. The van der Waals surface area contributed by atoms with E-state index in [0.717, 1.165) is 18.4 Å². The summed E-state index contributed by atoms with van der Waals surface area (Å²) in [5.41, 5.74) is 4.71. The van der Waals surface area contributed by atoms with E-state index in [-0.39, 0.29) is 35.2 Å². The molecule has 0 aromatic heterocycles. The van der Waals surface area contributed by atoms with E-state index >= 15 is 0 Å². The number of hydrogen-bond acceptors (Lipinski definition) is 6. The lowest BCUT2D eigenvalue weighted by molar-refractivity contribution is -0.157. The molecule has 34 heavy (non-hydrogen) atoms. The molecule has 0 amide bonds. The molecule has 186 valence electrons. The van der Waals surface area contributed by atoms with Crippen LogP contribution in [-0.2, 0) is 4.74 Å². The van der Waals surface area contributed by atoms with Gasteiger partial charge in [0.25, 0.3) is 0 Å².